The van der Waals surface area contributed by atoms with Crippen LogP contribution in [0.5, 0.6) is 0 Å². The monoisotopic (exact) mass is 344 g/mol. The van der Waals surface area contributed by atoms with Crippen LogP contribution < -0.4 is 4.72 Å². The maximum atomic E-state index is 12.5. The molecule has 122 valence electrons. The zero-order valence-electron chi connectivity index (χ0n) is 11.7. The van der Waals surface area contributed by atoms with Crippen molar-refractivity contribution in [3.05, 3.63) is 42.0 Å². The number of H-pyrrole nitrogens is 2. The van der Waals surface area contributed by atoms with Crippen LogP contribution in [0.3, 0.4) is 0 Å². The molecule has 0 fully saturated rings. The molecule has 3 aromatic rings. The van der Waals surface area contributed by atoms with Gasteiger partial charge in [0.25, 0.3) is 10.0 Å². The summed E-state index contributed by atoms with van der Waals surface area (Å²) in [6, 6.07) is 5.15. The van der Waals surface area contributed by atoms with E-state index in [1.54, 1.807) is 13.0 Å². The molecule has 6 nitrogen and oxygen atoms in total. The number of nitrogens with one attached hydrogen (secondary N) is 3. The Morgan fingerprint density at radius 3 is 2.61 bits per heavy atom. The zero-order valence-corrected chi connectivity index (χ0v) is 12.5. The molecule has 23 heavy (non-hydrogen) atoms. The molecule has 0 unspecified atom stereocenters. The molecule has 0 radical (unpaired) electrons. The minimum atomic E-state index is -4.64. The Balaban J connectivity index is 1.91. The number of halogens is 3. The van der Waals surface area contributed by atoms with Gasteiger partial charge in [0.2, 0.25) is 0 Å². The summed E-state index contributed by atoms with van der Waals surface area (Å²) in [7, 11) is -4.13. The van der Waals surface area contributed by atoms with Gasteiger partial charge in [-0.25, -0.2) is 13.4 Å². The van der Waals surface area contributed by atoms with Crippen molar-refractivity contribution in [2.45, 2.75) is 18.0 Å². The van der Waals surface area contributed by atoms with Gasteiger partial charge in [0.1, 0.15) is 16.4 Å². The summed E-state index contributed by atoms with van der Waals surface area (Å²) in [6.07, 6.45) is -3.84. The Morgan fingerprint density at radius 2 is 1.96 bits per heavy atom. The number of anilines is 1. The lowest BCUT2D eigenvalue weighted by Crippen LogP contribution is -2.12. The van der Waals surface area contributed by atoms with Crippen molar-refractivity contribution < 1.29 is 21.6 Å². The molecule has 0 saturated carbocycles. The maximum absolute atomic E-state index is 12.5. The molecule has 2 heterocycles. The van der Waals surface area contributed by atoms with Crippen molar-refractivity contribution >= 4 is 26.7 Å². The number of nitrogens with zero attached hydrogens (tertiary/aromatic N) is 1. The lowest BCUT2D eigenvalue weighted by Gasteiger charge is -2.06. The number of imidazole rings is 1. The van der Waals surface area contributed by atoms with Gasteiger partial charge in [-0.3, -0.25) is 4.72 Å². The SMILES string of the molecule is Cc1nc2ccc(NS(=O)(=O)c3c[nH]c(C(F)(F)F)c3)cc2[nH]1. The highest BCUT2D eigenvalue weighted by molar-refractivity contribution is 7.92. The van der Waals surface area contributed by atoms with Gasteiger partial charge in [-0.2, -0.15) is 13.2 Å². The van der Waals surface area contributed by atoms with Crippen LogP contribution in [0.15, 0.2) is 35.4 Å². The standard InChI is InChI=1S/C13H11F3N4O2S/c1-7-18-10-3-2-8(4-11(10)19-7)20-23(21,22)9-5-12(17-6-9)13(14,15)16/h2-6,17,20H,1H3,(H,18,19). The molecule has 10 heteroatoms. The maximum Gasteiger partial charge on any atom is 0.431 e. The number of sulfonamides is 1. The average Bonchev–Trinajstić information content (AvgIpc) is 3.02. The van der Waals surface area contributed by atoms with E-state index in [2.05, 4.69) is 14.7 Å². The Morgan fingerprint density at radius 1 is 1.22 bits per heavy atom. The smallest absolute Gasteiger partial charge is 0.356 e. The van der Waals surface area contributed by atoms with Gasteiger partial charge in [-0.15, -0.1) is 0 Å². The molecule has 0 spiro atoms. The van der Waals surface area contributed by atoms with Gasteiger partial charge >= 0.3 is 6.18 Å². The average molecular weight is 344 g/mol. The second-order valence-electron chi connectivity index (χ2n) is 4.91. The number of aromatic amines is 2. The van der Waals surface area contributed by atoms with Gasteiger partial charge < -0.3 is 9.97 Å². The minimum absolute atomic E-state index is 0.218. The van der Waals surface area contributed by atoms with Crippen molar-refractivity contribution in [1.29, 1.82) is 0 Å². The van der Waals surface area contributed by atoms with E-state index in [9.17, 15) is 21.6 Å². The molecule has 0 aliphatic heterocycles. The quantitative estimate of drug-likeness (QED) is 0.682. The van der Waals surface area contributed by atoms with Gasteiger partial charge in [-0.05, 0) is 31.2 Å². The third-order valence-corrected chi connectivity index (χ3v) is 4.49. The molecular formula is C13H11F3N4O2S. The second-order valence-corrected chi connectivity index (χ2v) is 6.59. The first-order chi connectivity index (χ1) is 10.6. The first kappa shape index (κ1) is 15.4. The molecule has 0 aliphatic rings. The molecule has 3 N–H and O–H groups in total. The van der Waals surface area contributed by atoms with E-state index in [1.165, 1.54) is 12.1 Å². The van der Waals surface area contributed by atoms with E-state index in [1.807, 2.05) is 4.98 Å². The van der Waals surface area contributed by atoms with Crippen LogP contribution in [0.2, 0.25) is 0 Å². The summed E-state index contributed by atoms with van der Waals surface area (Å²) in [4.78, 5) is 8.54. The van der Waals surface area contributed by atoms with Crippen molar-refractivity contribution in [2.75, 3.05) is 4.72 Å². The molecule has 2 aromatic heterocycles. The number of alkyl halides is 3. The fourth-order valence-corrected chi connectivity index (χ4v) is 3.15. The van der Waals surface area contributed by atoms with E-state index in [-0.39, 0.29) is 5.69 Å². The summed E-state index contributed by atoms with van der Waals surface area (Å²) in [5.41, 5.74) is 0.368. The fourth-order valence-electron chi connectivity index (χ4n) is 2.11. The Kier molecular flexibility index (Phi) is 3.36. The number of hydrogen-bond donors (Lipinski definition) is 3. The van der Waals surface area contributed by atoms with Crippen molar-refractivity contribution in [2.24, 2.45) is 0 Å². The normalized spacial score (nSPS) is 12.7. The number of hydrogen-bond acceptors (Lipinski definition) is 3. The highest BCUT2D eigenvalue weighted by atomic mass is 32.2. The van der Waals surface area contributed by atoms with Crippen molar-refractivity contribution in [1.82, 2.24) is 15.0 Å². The number of aromatic nitrogens is 3. The highest BCUT2D eigenvalue weighted by Crippen LogP contribution is 2.30. The van der Waals surface area contributed by atoms with E-state index in [0.29, 0.717) is 22.9 Å². The summed E-state index contributed by atoms with van der Waals surface area (Å²) in [5, 5.41) is 0. The summed E-state index contributed by atoms with van der Waals surface area (Å²) < 4.78 is 64.2. The van der Waals surface area contributed by atoms with E-state index < -0.39 is 26.8 Å². The van der Waals surface area contributed by atoms with E-state index in [0.717, 1.165) is 6.20 Å². The summed E-state index contributed by atoms with van der Waals surface area (Å²) in [5.74, 6) is 0.667. The number of fused-ring (bicyclic) bond motifs is 1. The predicted molar refractivity (Wildman–Crippen MR) is 77.4 cm³/mol. The van der Waals surface area contributed by atoms with Gasteiger partial charge in [0.15, 0.2) is 0 Å². The Bertz CT molecular complexity index is 973. The first-order valence-corrected chi connectivity index (χ1v) is 7.88. The van der Waals surface area contributed by atoms with Crippen LogP contribution in [0.1, 0.15) is 11.5 Å². The third-order valence-electron chi connectivity index (χ3n) is 3.12. The van der Waals surface area contributed by atoms with Crippen LogP contribution in [-0.4, -0.2) is 23.4 Å². The predicted octanol–water partition coefficient (Wildman–Crippen LogP) is 3.02. The topological polar surface area (TPSA) is 90.6 Å². The molecule has 0 saturated heterocycles. The van der Waals surface area contributed by atoms with Crippen LogP contribution in [-0.2, 0) is 16.2 Å². The van der Waals surface area contributed by atoms with Crippen molar-refractivity contribution in [3.8, 4) is 0 Å². The molecule has 1 aromatic carbocycles. The van der Waals surface area contributed by atoms with Gasteiger partial charge in [0, 0.05) is 6.20 Å². The van der Waals surface area contributed by atoms with Crippen LogP contribution in [0.4, 0.5) is 18.9 Å². The summed E-state index contributed by atoms with van der Waals surface area (Å²) >= 11 is 0. The molecule has 0 atom stereocenters. The third kappa shape index (κ3) is 3.02. The number of benzene rings is 1. The second kappa shape index (κ2) is 5.01. The lowest BCUT2D eigenvalue weighted by atomic mass is 10.3. The van der Waals surface area contributed by atoms with Gasteiger partial charge in [-0.1, -0.05) is 0 Å². The fraction of sp³-hybridized carbons (Fsp3) is 0.154. The van der Waals surface area contributed by atoms with E-state index >= 15 is 0 Å². The lowest BCUT2D eigenvalue weighted by molar-refractivity contribution is -0.140. The molecule has 3 rings (SSSR count). The summed E-state index contributed by atoms with van der Waals surface area (Å²) in [6.45, 7) is 1.75. The zero-order chi connectivity index (χ0) is 16.8. The number of rotatable bonds is 3. The largest absolute Gasteiger partial charge is 0.431 e. The molecule has 0 amide bonds. The molecule has 0 bridgehead atoms. The number of aryl methyl sites for hydroxylation is 1. The van der Waals surface area contributed by atoms with Crippen LogP contribution in [0, 0.1) is 6.92 Å². The van der Waals surface area contributed by atoms with Gasteiger partial charge in [0.05, 0.1) is 16.7 Å². The highest BCUT2D eigenvalue weighted by Gasteiger charge is 2.33. The Labute approximate surface area is 128 Å². The van der Waals surface area contributed by atoms with Crippen LogP contribution in [0.25, 0.3) is 11.0 Å². The molecule has 0 aliphatic carbocycles. The molecular weight excluding hydrogens is 333 g/mol. The minimum Gasteiger partial charge on any atom is -0.356 e. The van der Waals surface area contributed by atoms with Crippen molar-refractivity contribution in [3.63, 3.8) is 0 Å². The van der Waals surface area contributed by atoms with Crippen LogP contribution >= 0.6 is 0 Å². The first-order valence-electron chi connectivity index (χ1n) is 6.40. The van der Waals surface area contributed by atoms with E-state index in [4.69, 9.17) is 0 Å². The Hall–Kier alpha value is -2.49.